The van der Waals surface area contributed by atoms with Crippen molar-refractivity contribution in [1.29, 1.82) is 0 Å². The van der Waals surface area contributed by atoms with Gasteiger partial charge in [-0.25, -0.2) is 4.39 Å². The number of nitrogens with zero attached hydrogens (tertiary/aromatic N) is 4. The fourth-order valence-corrected chi connectivity index (χ4v) is 2.90. The molecule has 0 bridgehead atoms. The zero-order chi connectivity index (χ0) is 19.1. The number of carbonyl (C=O) groups excluding carboxylic acids is 1. The number of rotatable bonds is 5. The Morgan fingerprint density at radius 2 is 1.93 bits per heavy atom. The molecule has 152 valence electrons. The van der Waals surface area contributed by atoms with E-state index in [1.807, 2.05) is 6.07 Å². The summed E-state index contributed by atoms with van der Waals surface area (Å²) in [6.45, 7) is 4.19. The third-order valence-electron chi connectivity index (χ3n) is 4.30. The van der Waals surface area contributed by atoms with Crippen LogP contribution in [0.5, 0.6) is 0 Å². The number of piperazine rings is 1. The normalized spacial score (nSPS) is 15.1. The number of aliphatic imine (C=N–C) groups is 1. The van der Waals surface area contributed by atoms with Gasteiger partial charge in [0.25, 0.3) is 0 Å². The van der Waals surface area contributed by atoms with Gasteiger partial charge in [0, 0.05) is 51.5 Å². The van der Waals surface area contributed by atoms with Crippen molar-refractivity contribution in [2.75, 3.05) is 45.1 Å². The number of carbonyl (C=O) groups is 1. The second kappa shape index (κ2) is 11.0. The molecule has 0 aliphatic carbocycles. The number of hydrogen-bond acceptors (Lipinski definition) is 5. The van der Waals surface area contributed by atoms with Crippen LogP contribution in [-0.4, -0.2) is 66.6 Å². The van der Waals surface area contributed by atoms with Crippen LogP contribution in [0.25, 0.3) is 0 Å². The van der Waals surface area contributed by atoms with Crippen LogP contribution >= 0.6 is 24.0 Å². The molecule has 10 heteroatoms. The van der Waals surface area contributed by atoms with Crippen molar-refractivity contribution in [2.45, 2.75) is 6.54 Å². The van der Waals surface area contributed by atoms with Crippen molar-refractivity contribution in [2.24, 2.45) is 4.99 Å². The first kappa shape index (κ1) is 22.1. The van der Waals surface area contributed by atoms with Gasteiger partial charge in [0.05, 0.1) is 12.2 Å². The Morgan fingerprint density at radius 3 is 2.54 bits per heavy atom. The summed E-state index contributed by atoms with van der Waals surface area (Å²) in [5, 5.41) is 9.73. The minimum absolute atomic E-state index is 0. The first-order valence-electron chi connectivity index (χ1n) is 8.76. The predicted octanol–water partition coefficient (Wildman–Crippen LogP) is 1.76. The molecule has 0 radical (unpaired) electrons. The van der Waals surface area contributed by atoms with Crippen molar-refractivity contribution in [3.05, 3.63) is 48.1 Å². The molecule has 0 atom stereocenters. The van der Waals surface area contributed by atoms with E-state index in [0.717, 1.165) is 38.4 Å². The Hall–Kier alpha value is -2.21. The molecule has 1 aliphatic heterocycles. The van der Waals surface area contributed by atoms with E-state index in [2.05, 4.69) is 30.6 Å². The molecule has 3 rings (SSSR count). The third-order valence-corrected chi connectivity index (χ3v) is 4.30. The summed E-state index contributed by atoms with van der Waals surface area (Å²) in [5.74, 6) is 0.131. The monoisotopic (exact) mass is 502 g/mol. The van der Waals surface area contributed by atoms with Gasteiger partial charge < -0.3 is 20.1 Å². The topological polar surface area (TPSA) is 86.0 Å². The fraction of sp³-hybridized carbons (Fsp3) is 0.389. The molecule has 1 aromatic carbocycles. The molecule has 1 amide bonds. The smallest absolute Gasteiger partial charge is 0.243 e. The molecule has 0 unspecified atom stereocenters. The zero-order valence-corrected chi connectivity index (χ0v) is 17.9. The standard InChI is InChI=1S/C18H23FN6O2.HI/c1-20-18(21-12-17(26)22-15-4-2-14(19)3-5-15)25-9-7-24(8-10-25)13-16-6-11-27-23-16;/h2-6,11H,7-10,12-13H2,1H3,(H,20,21)(H,22,26);1H. The molecule has 1 aromatic heterocycles. The van der Waals surface area contributed by atoms with Gasteiger partial charge in [-0.3, -0.25) is 14.7 Å². The van der Waals surface area contributed by atoms with Gasteiger partial charge in [-0.2, -0.15) is 0 Å². The molecule has 2 aromatic rings. The van der Waals surface area contributed by atoms with Crippen LogP contribution in [-0.2, 0) is 11.3 Å². The highest BCUT2D eigenvalue weighted by atomic mass is 127. The van der Waals surface area contributed by atoms with E-state index in [-0.39, 0.29) is 42.2 Å². The summed E-state index contributed by atoms with van der Waals surface area (Å²) in [5.41, 5.74) is 1.48. The van der Waals surface area contributed by atoms with E-state index in [0.29, 0.717) is 11.6 Å². The maximum Gasteiger partial charge on any atom is 0.243 e. The van der Waals surface area contributed by atoms with Gasteiger partial charge in [-0.05, 0) is 24.3 Å². The number of aromatic nitrogens is 1. The molecule has 28 heavy (non-hydrogen) atoms. The summed E-state index contributed by atoms with van der Waals surface area (Å²) in [6, 6.07) is 7.53. The third kappa shape index (κ3) is 6.44. The van der Waals surface area contributed by atoms with Crippen molar-refractivity contribution in [1.82, 2.24) is 20.3 Å². The van der Waals surface area contributed by atoms with Gasteiger partial charge >= 0.3 is 0 Å². The molecule has 1 saturated heterocycles. The average Bonchev–Trinajstić information content (AvgIpc) is 3.18. The number of nitrogens with one attached hydrogen (secondary N) is 2. The lowest BCUT2D eigenvalue weighted by Crippen LogP contribution is -2.53. The van der Waals surface area contributed by atoms with Crippen molar-refractivity contribution >= 4 is 41.5 Å². The van der Waals surface area contributed by atoms with E-state index in [9.17, 15) is 9.18 Å². The predicted molar refractivity (Wildman–Crippen MR) is 115 cm³/mol. The second-order valence-electron chi connectivity index (χ2n) is 6.21. The first-order valence-corrected chi connectivity index (χ1v) is 8.76. The van der Waals surface area contributed by atoms with Crippen molar-refractivity contribution < 1.29 is 13.7 Å². The molecule has 0 spiro atoms. The van der Waals surface area contributed by atoms with Crippen LogP contribution in [0.2, 0.25) is 0 Å². The number of halogens is 2. The van der Waals surface area contributed by atoms with E-state index in [1.54, 1.807) is 13.3 Å². The summed E-state index contributed by atoms with van der Waals surface area (Å²) in [4.78, 5) is 20.7. The maximum atomic E-state index is 12.9. The highest BCUT2D eigenvalue weighted by Crippen LogP contribution is 2.09. The summed E-state index contributed by atoms with van der Waals surface area (Å²) in [7, 11) is 1.70. The van der Waals surface area contributed by atoms with Gasteiger partial charge in [-0.15, -0.1) is 24.0 Å². The molecule has 0 saturated carbocycles. The highest BCUT2D eigenvalue weighted by molar-refractivity contribution is 14.0. The number of hydrogen-bond donors (Lipinski definition) is 2. The lowest BCUT2D eigenvalue weighted by Gasteiger charge is -2.36. The van der Waals surface area contributed by atoms with Crippen LogP contribution in [0.1, 0.15) is 5.69 Å². The van der Waals surface area contributed by atoms with Gasteiger partial charge in [0.15, 0.2) is 5.96 Å². The Balaban J connectivity index is 0.00000280. The summed E-state index contributed by atoms with van der Waals surface area (Å²) >= 11 is 0. The SMILES string of the molecule is CN=C(NCC(=O)Nc1ccc(F)cc1)N1CCN(Cc2ccon2)CC1.I. The summed E-state index contributed by atoms with van der Waals surface area (Å²) < 4.78 is 17.8. The first-order chi connectivity index (χ1) is 13.1. The van der Waals surface area contributed by atoms with Crippen LogP contribution < -0.4 is 10.6 Å². The van der Waals surface area contributed by atoms with Crippen LogP contribution in [0.15, 0.2) is 46.1 Å². The van der Waals surface area contributed by atoms with Gasteiger partial charge in [0.2, 0.25) is 5.91 Å². The highest BCUT2D eigenvalue weighted by Gasteiger charge is 2.20. The van der Waals surface area contributed by atoms with Crippen LogP contribution in [0.3, 0.4) is 0 Å². The number of anilines is 1. The van der Waals surface area contributed by atoms with Crippen molar-refractivity contribution in [3.63, 3.8) is 0 Å². The average molecular weight is 502 g/mol. The molecule has 2 heterocycles. The fourth-order valence-electron chi connectivity index (χ4n) is 2.90. The zero-order valence-electron chi connectivity index (χ0n) is 15.6. The number of benzene rings is 1. The Kier molecular flexibility index (Phi) is 8.64. The van der Waals surface area contributed by atoms with Gasteiger partial charge in [0.1, 0.15) is 12.1 Å². The van der Waals surface area contributed by atoms with Crippen LogP contribution in [0.4, 0.5) is 10.1 Å². The Bertz CT molecular complexity index is 761. The largest absolute Gasteiger partial charge is 0.364 e. The molecule has 8 nitrogen and oxygen atoms in total. The molecular weight excluding hydrogens is 478 g/mol. The molecule has 1 aliphatic rings. The maximum absolute atomic E-state index is 12.9. The summed E-state index contributed by atoms with van der Waals surface area (Å²) in [6.07, 6.45) is 1.58. The van der Waals surface area contributed by atoms with Crippen molar-refractivity contribution in [3.8, 4) is 0 Å². The Labute approximate surface area is 180 Å². The van der Waals surface area contributed by atoms with E-state index in [1.165, 1.54) is 24.3 Å². The lowest BCUT2D eigenvalue weighted by atomic mass is 10.3. The quantitative estimate of drug-likeness (QED) is 0.369. The minimum Gasteiger partial charge on any atom is -0.364 e. The van der Waals surface area contributed by atoms with E-state index in [4.69, 9.17) is 4.52 Å². The second-order valence-corrected chi connectivity index (χ2v) is 6.21. The van der Waals surface area contributed by atoms with E-state index >= 15 is 0 Å². The van der Waals surface area contributed by atoms with E-state index < -0.39 is 0 Å². The number of guanidine groups is 1. The Morgan fingerprint density at radius 1 is 1.21 bits per heavy atom. The molecular formula is C18H24FIN6O2. The minimum atomic E-state index is -0.339. The van der Waals surface area contributed by atoms with Crippen LogP contribution in [0, 0.1) is 5.82 Å². The molecule has 1 fully saturated rings. The number of amides is 1. The van der Waals surface area contributed by atoms with Gasteiger partial charge in [-0.1, -0.05) is 5.16 Å². The molecule has 2 N–H and O–H groups in total. The lowest BCUT2D eigenvalue weighted by molar-refractivity contribution is -0.115.